The van der Waals surface area contributed by atoms with Gasteiger partial charge in [0.15, 0.2) is 11.6 Å². The molecule has 0 aliphatic heterocycles. The Morgan fingerprint density at radius 2 is 1.26 bits per heavy atom. The summed E-state index contributed by atoms with van der Waals surface area (Å²) in [6.07, 6.45) is 0. The Bertz CT molecular complexity index is 1430. The number of aromatic nitrogens is 1. The molecule has 5 rings (SSSR count). The summed E-state index contributed by atoms with van der Waals surface area (Å²) in [5.74, 6) is -1.71. The second-order valence-electron chi connectivity index (χ2n) is 7.33. The highest BCUT2D eigenvalue weighted by Gasteiger charge is 2.13. The second-order valence-corrected chi connectivity index (χ2v) is 7.33. The van der Waals surface area contributed by atoms with Gasteiger partial charge in [-0.3, -0.25) is 0 Å². The van der Waals surface area contributed by atoms with Crippen LogP contribution in [-0.4, -0.2) is 10.1 Å². The number of nitrogens with zero attached hydrogens (tertiary/aromatic N) is 1. The molecule has 1 heterocycles. The van der Waals surface area contributed by atoms with Gasteiger partial charge in [0, 0.05) is 11.1 Å². The van der Waals surface area contributed by atoms with E-state index >= 15 is 0 Å². The van der Waals surface area contributed by atoms with Crippen molar-refractivity contribution in [2.24, 2.45) is 0 Å². The zero-order chi connectivity index (χ0) is 21.4. The molecule has 0 unspecified atom stereocenters. The van der Waals surface area contributed by atoms with Gasteiger partial charge in [0.25, 0.3) is 0 Å². The van der Waals surface area contributed by atoms with E-state index in [4.69, 9.17) is 4.98 Å². The van der Waals surface area contributed by atoms with Gasteiger partial charge in [0.2, 0.25) is 0 Å². The van der Waals surface area contributed by atoms with Crippen LogP contribution in [0.2, 0.25) is 0 Å². The van der Waals surface area contributed by atoms with Crippen LogP contribution in [0.4, 0.5) is 8.78 Å². The molecule has 0 atom stereocenters. The minimum Gasteiger partial charge on any atom is -0.507 e. The maximum absolute atomic E-state index is 13.9. The number of aromatic hydroxyl groups is 1. The molecule has 4 aromatic carbocycles. The van der Waals surface area contributed by atoms with E-state index in [0.717, 1.165) is 22.4 Å². The minimum atomic E-state index is -0.911. The van der Waals surface area contributed by atoms with Crippen LogP contribution >= 0.6 is 0 Å². The van der Waals surface area contributed by atoms with E-state index in [9.17, 15) is 13.9 Å². The summed E-state index contributed by atoms with van der Waals surface area (Å²) in [4.78, 5) is 4.78. The lowest BCUT2D eigenvalue weighted by Gasteiger charge is -2.12. The largest absolute Gasteiger partial charge is 0.507 e. The van der Waals surface area contributed by atoms with Gasteiger partial charge in [-0.05, 0) is 64.4 Å². The third-order valence-corrected chi connectivity index (χ3v) is 5.30. The molecule has 0 fully saturated rings. The number of halogens is 2. The molecule has 1 N–H and O–H groups in total. The third kappa shape index (κ3) is 3.64. The number of benzene rings is 4. The first-order valence-electron chi connectivity index (χ1n) is 9.83. The molecular weight excluding hydrogens is 392 g/mol. The van der Waals surface area contributed by atoms with Crippen LogP contribution in [0.1, 0.15) is 0 Å². The van der Waals surface area contributed by atoms with Gasteiger partial charge in [-0.1, -0.05) is 54.6 Å². The molecule has 0 radical (unpaired) electrons. The van der Waals surface area contributed by atoms with E-state index < -0.39 is 11.6 Å². The highest BCUT2D eigenvalue weighted by molar-refractivity contribution is 5.88. The molecule has 150 valence electrons. The molecule has 0 amide bonds. The van der Waals surface area contributed by atoms with Crippen LogP contribution in [0.3, 0.4) is 0 Å². The number of pyridine rings is 1. The lowest BCUT2D eigenvalue weighted by Crippen LogP contribution is -1.93. The maximum Gasteiger partial charge on any atom is 0.159 e. The molecule has 0 bridgehead atoms. The SMILES string of the molecule is Oc1ccccc1-c1cc(-c2ccc(F)c(F)c2)cc(-c2ccc3ccccc3c2)n1. The van der Waals surface area contributed by atoms with Gasteiger partial charge in [0.05, 0.1) is 11.4 Å². The Morgan fingerprint density at radius 1 is 0.548 bits per heavy atom. The molecular formula is C27H17F2NO. The predicted octanol–water partition coefficient (Wildman–Crippen LogP) is 7.22. The molecule has 5 aromatic rings. The molecule has 4 heteroatoms. The third-order valence-electron chi connectivity index (χ3n) is 5.30. The Labute approximate surface area is 178 Å². The number of hydrogen-bond donors (Lipinski definition) is 1. The Balaban J connectivity index is 1.74. The normalized spacial score (nSPS) is 11.0. The van der Waals surface area contributed by atoms with Crippen molar-refractivity contribution in [2.45, 2.75) is 0 Å². The van der Waals surface area contributed by atoms with Crippen molar-refractivity contribution in [1.29, 1.82) is 0 Å². The smallest absolute Gasteiger partial charge is 0.159 e. The molecule has 0 spiro atoms. The standard InChI is InChI=1S/C27H17F2NO/c28-23-12-11-19(14-24(23)29)21-15-25(20-10-9-17-5-1-2-6-18(17)13-20)30-26(16-21)22-7-3-4-8-27(22)31/h1-16,31H. The van der Waals surface area contributed by atoms with E-state index in [1.807, 2.05) is 54.6 Å². The van der Waals surface area contributed by atoms with Crippen molar-refractivity contribution in [3.05, 3.63) is 109 Å². The van der Waals surface area contributed by atoms with E-state index in [1.165, 1.54) is 12.1 Å². The zero-order valence-electron chi connectivity index (χ0n) is 16.4. The number of phenols is 1. The molecule has 2 nitrogen and oxygen atoms in total. The highest BCUT2D eigenvalue weighted by Crippen LogP contribution is 2.34. The van der Waals surface area contributed by atoms with Gasteiger partial charge in [-0.2, -0.15) is 0 Å². The Hall–Kier alpha value is -4.05. The summed E-state index contributed by atoms with van der Waals surface area (Å²) < 4.78 is 27.4. The topological polar surface area (TPSA) is 33.1 Å². The molecule has 0 saturated heterocycles. The maximum atomic E-state index is 13.9. The average Bonchev–Trinajstić information content (AvgIpc) is 2.80. The number of rotatable bonds is 3. The molecule has 1 aromatic heterocycles. The summed E-state index contributed by atoms with van der Waals surface area (Å²) in [7, 11) is 0. The summed E-state index contributed by atoms with van der Waals surface area (Å²) in [6, 6.07) is 28.4. The monoisotopic (exact) mass is 409 g/mol. The average molecular weight is 409 g/mol. The fourth-order valence-electron chi connectivity index (χ4n) is 3.70. The molecule has 0 aliphatic rings. The lowest BCUT2D eigenvalue weighted by atomic mass is 9.98. The predicted molar refractivity (Wildman–Crippen MR) is 120 cm³/mol. The number of para-hydroxylation sites is 1. The Morgan fingerprint density at radius 3 is 2.06 bits per heavy atom. The number of hydrogen-bond acceptors (Lipinski definition) is 2. The van der Waals surface area contributed by atoms with Crippen LogP contribution < -0.4 is 0 Å². The fraction of sp³-hybridized carbons (Fsp3) is 0. The number of phenolic OH excluding ortho intramolecular Hbond substituents is 1. The van der Waals surface area contributed by atoms with E-state index in [1.54, 1.807) is 24.3 Å². The lowest BCUT2D eigenvalue weighted by molar-refractivity contribution is 0.477. The minimum absolute atomic E-state index is 0.0990. The van der Waals surface area contributed by atoms with Crippen molar-refractivity contribution < 1.29 is 13.9 Å². The van der Waals surface area contributed by atoms with Gasteiger partial charge >= 0.3 is 0 Å². The quantitative estimate of drug-likeness (QED) is 0.341. The first kappa shape index (κ1) is 18.9. The summed E-state index contributed by atoms with van der Waals surface area (Å²) in [6.45, 7) is 0. The van der Waals surface area contributed by atoms with Gasteiger partial charge in [-0.25, -0.2) is 13.8 Å². The van der Waals surface area contributed by atoms with Crippen LogP contribution in [0.15, 0.2) is 97.1 Å². The van der Waals surface area contributed by atoms with Crippen molar-refractivity contribution in [1.82, 2.24) is 4.98 Å². The summed E-state index contributed by atoms with van der Waals surface area (Å²) in [5.41, 5.74) is 3.87. The van der Waals surface area contributed by atoms with Crippen molar-refractivity contribution in [3.8, 4) is 39.4 Å². The van der Waals surface area contributed by atoms with E-state index in [0.29, 0.717) is 28.1 Å². The second kappa shape index (κ2) is 7.65. The molecule has 31 heavy (non-hydrogen) atoms. The Kier molecular flexibility index (Phi) is 4.68. The van der Waals surface area contributed by atoms with Crippen LogP contribution in [0.5, 0.6) is 5.75 Å². The highest BCUT2D eigenvalue weighted by atomic mass is 19.2. The zero-order valence-corrected chi connectivity index (χ0v) is 16.4. The first-order chi connectivity index (χ1) is 15.1. The number of fused-ring (bicyclic) bond motifs is 1. The van der Waals surface area contributed by atoms with Gasteiger partial charge < -0.3 is 5.11 Å². The van der Waals surface area contributed by atoms with Crippen LogP contribution in [0, 0.1) is 11.6 Å². The van der Waals surface area contributed by atoms with Crippen molar-refractivity contribution in [2.75, 3.05) is 0 Å². The van der Waals surface area contributed by atoms with E-state index in [2.05, 4.69) is 0 Å². The van der Waals surface area contributed by atoms with Gasteiger partial charge in [0.1, 0.15) is 5.75 Å². The van der Waals surface area contributed by atoms with Gasteiger partial charge in [-0.15, -0.1) is 0 Å². The molecule has 0 aliphatic carbocycles. The molecule has 0 saturated carbocycles. The summed E-state index contributed by atoms with van der Waals surface area (Å²) >= 11 is 0. The first-order valence-corrected chi connectivity index (χ1v) is 9.83. The summed E-state index contributed by atoms with van der Waals surface area (Å²) in [5, 5.41) is 12.5. The fourth-order valence-corrected chi connectivity index (χ4v) is 3.70. The van der Waals surface area contributed by atoms with Crippen LogP contribution in [-0.2, 0) is 0 Å². The van der Waals surface area contributed by atoms with E-state index in [-0.39, 0.29) is 5.75 Å². The van der Waals surface area contributed by atoms with Crippen molar-refractivity contribution in [3.63, 3.8) is 0 Å². The van der Waals surface area contributed by atoms with Crippen molar-refractivity contribution >= 4 is 10.8 Å². The van der Waals surface area contributed by atoms with Crippen LogP contribution in [0.25, 0.3) is 44.4 Å².